The maximum Gasteiger partial charge on any atom is 0.333 e. The molecule has 2 aromatic heterocycles. The third kappa shape index (κ3) is 5.60. The molecule has 10 heteroatoms. The number of fused-ring (bicyclic) bond motifs is 1. The summed E-state index contributed by atoms with van der Waals surface area (Å²) in [5.41, 5.74) is 5.57. The second-order valence-corrected chi connectivity index (χ2v) is 8.97. The standard InChI is InChI=1S/C26H28N6O4/c1-18(2)13-21(33)28-29-22(34)16-32-25(35)23-24(27-17-30(23)14-19-9-5-3-6-10-19)31(26(32)36)15-20-11-7-4-8-12-20/h3-12,17-18H,13-16H2,1-2H3,(H,28,33)(H,29,34). The molecule has 0 fully saturated rings. The minimum atomic E-state index is -0.689. The van der Waals surface area contributed by atoms with E-state index in [0.717, 1.165) is 15.7 Å². The first-order chi connectivity index (χ1) is 17.3. The van der Waals surface area contributed by atoms with Gasteiger partial charge >= 0.3 is 5.69 Å². The molecule has 0 bridgehead atoms. The number of hydrogen-bond donors (Lipinski definition) is 2. The lowest BCUT2D eigenvalue weighted by molar-refractivity contribution is -0.129. The van der Waals surface area contributed by atoms with Gasteiger partial charge in [0.25, 0.3) is 11.5 Å². The molecule has 4 aromatic rings. The van der Waals surface area contributed by atoms with Gasteiger partial charge < -0.3 is 4.57 Å². The van der Waals surface area contributed by atoms with Gasteiger partial charge in [-0.2, -0.15) is 0 Å². The average Bonchev–Trinajstić information content (AvgIpc) is 3.27. The molecule has 0 aliphatic carbocycles. The van der Waals surface area contributed by atoms with Crippen LogP contribution in [0.25, 0.3) is 11.2 Å². The summed E-state index contributed by atoms with van der Waals surface area (Å²) in [5, 5.41) is 0. The minimum Gasteiger partial charge on any atom is -0.320 e. The van der Waals surface area contributed by atoms with Crippen LogP contribution in [0, 0.1) is 5.92 Å². The zero-order valence-corrected chi connectivity index (χ0v) is 20.2. The summed E-state index contributed by atoms with van der Waals surface area (Å²) in [7, 11) is 0. The summed E-state index contributed by atoms with van der Waals surface area (Å²) in [6, 6.07) is 18.9. The number of nitrogens with zero attached hydrogens (tertiary/aromatic N) is 4. The number of imidazole rings is 1. The quantitative estimate of drug-likeness (QED) is 0.366. The zero-order valence-electron chi connectivity index (χ0n) is 20.2. The number of carbonyl (C=O) groups is 2. The maximum atomic E-state index is 13.5. The highest BCUT2D eigenvalue weighted by atomic mass is 16.2. The largest absolute Gasteiger partial charge is 0.333 e. The lowest BCUT2D eigenvalue weighted by Crippen LogP contribution is -2.48. The Bertz CT molecular complexity index is 1490. The van der Waals surface area contributed by atoms with Crippen molar-refractivity contribution in [3.63, 3.8) is 0 Å². The molecule has 10 nitrogen and oxygen atoms in total. The summed E-state index contributed by atoms with van der Waals surface area (Å²) in [6.45, 7) is 3.74. The van der Waals surface area contributed by atoms with Gasteiger partial charge in [-0.15, -0.1) is 0 Å². The van der Waals surface area contributed by atoms with E-state index in [-0.39, 0.29) is 36.0 Å². The van der Waals surface area contributed by atoms with Gasteiger partial charge in [0.1, 0.15) is 6.54 Å². The third-order valence-electron chi connectivity index (χ3n) is 5.60. The normalized spacial score (nSPS) is 11.1. The fourth-order valence-electron chi connectivity index (χ4n) is 3.93. The van der Waals surface area contributed by atoms with Crippen LogP contribution >= 0.6 is 0 Å². The molecule has 0 saturated carbocycles. The van der Waals surface area contributed by atoms with Crippen LogP contribution in [0.1, 0.15) is 31.4 Å². The predicted octanol–water partition coefficient (Wildman–Crippen LogP) is 1.65. The lowest BCUT2D eigenvalue weighted by atomic mass is 10.1. The summed E-state index contributed by atoms with van der Waals surface area (Å²) in [4.78, 5) is 55.7. The first kappa shape index (κ1) is 24.6. The van der Waals surface area contributed by atoms with Crippen LogP contribution < -0.4 is 22.1 Å². The molecule has 0 spiro atoms. The number of aromatic nitrogens is 4. The van der Waals surface area contributed by atoms with E-state index in [1.807, 2.05) is 74.5 Å². The van der Waals surface area contributed by atoms with E-state index in [9.17, 15) is 19.2 Å². The van der Waals surface area contributed by atoms with Crippen molar-refractivity contribution in [2.45, 2.75) is 39.9 Å². The molecule has 2 aromatic carbocycles. The van der Waals surface area contributed by atoms with Crippen molar-refractivity contribution in [3.05, 3.63) is 99.0 Å². The molecule has 2 N–H and O–H groups in total. The van der Waals surface area contributed by atoms with Crippen LogP contribution in [-0.2, 0) is 29.2 Å². The van der Waals surface area contributed by atoms with Crippen molar-refractivity contribution in [1.82, 2.24) is 29.5 Å². The summed E-state index contributed by atoms with van der Waals surface area (Å²) < 4.78 is 3.93. The number of nitrogens with one attached hydrogen (secondary N) is 2. The third-order valence-corrected chi connectivity index (χ3v) is 5.60. The van der Waals surface area contributed by atoms with Crippen LogP contribution in [0.15, 0.2) is 76.6 Å². The molecule has 186 valence electrons. The Morgan fingerprint density at radius 1 is 0.833 bits per heavy atom. The molecule has 4 rings (SSSR count). The number of benzene rings is 2. The van der Waals surface area contributed by atoms with E-state index in [2.05, 4.69) is 15.8 Å². The van der Waals surface area contributed by atoms with Crippen molar-refractivity contribution in [1.29, 1.82) is 0 Å². The van der Waals surface area contributed by atoms with E-state index >= 15 is 0 Å². The highest BCUT2D eigenvalue weighted by Crippen LogP contribution is 2.12. The van der Waals surface area contributed by atoms with Gasteiger partial charge in [0.15, 0.2) is 11.2 Å². The Balaban J connectivity index is 1.73. The first-order valence-electron chi connectivity index (χ1n) is 11.7. The van der Waals surface area contributed by atoms with Gasteiger partial charge in [-0.05, 0) is 17.0 Å². The Morgan fingerprint density at radius 2 is 1.42 bits per heavy atom. The molecule has 2 heterocycles. The fraction of sp³-hybridized carbons (Fsp3) is 0.269. The molecule has 0 aliphatic rings. The van der Waals surface area contributed by atoms with Crippen LogP contribution in [0.5, 0.6) is 0 Å². The van der Waals surface area contributed by atoms with Gasteiger partial charge in [0, 0.05) is 13.0 Å². The van der Waals surface area contributed by atoms with E-state index in [1.165, 1.54) is 10.9 Å². The number of rotatable bonds is 8. The predicted molar refractivity (Wildman–Crippen MR) is 135 cm³/mol. The SMILES string of the molecule is CC(C)CC(=O)NNC(=O)Cn1c(=O)c2c(ncn2Cc2ccccc2)n(Cc2ccccc2)c1=O. The minimum absolute atomic E-state index is 0.113. The van der Waals surface area contributed by atoms with E-state index < -0.39 is 23.7 Å². The molecule has 36 heavy (non-hydrogen) atoms. The molecule has 0 saturated heterocycles. The van der Waals surface area contributed by atoms with Gasteiger partial charge in [-0.3, -0.25) is 29.8 Å². The Kier molecular flexibility index (Phi) is 7.43. The Hall–Kier alpha value is -4.47. The lowest BCUT2D eigenvalue weighted by Gasteiger charge is -2.13. The number of hydrogen-bond acceptors (Lipinski definition) is 5. The average molecular weight is 489 g/mol. The van der Waals surface area contributed by atoms with E-state index in [1.54, 1.807) is 4.57 Å². The molecule has 0 aliphatic heterocycles. The van der Waals surface area contributed by atoms with E-state index in [0.29, 0.717) is 6.54 Å². The highest BCUT2D eigenvalue weighted by molar-refractivity contribution is 5.82. The molecule has 0 radical (unpaired) electrons. The summed E-state index contributed by atoms with van der Waals surface area (Å²) in [5.74, 6) is -0.934. The van der Waals surface area contributed by atoms with Crippen LogP contribution in [0.4, 0.5) is 0 Å². The molecule has 2 amide bonds. The maximum absolute atomic E-state index is 13.5. The second-order valence-electron chi connectivity index (χ2n) is 8.97. The first-order valence-corrected chi connectivity index (χ1v) is 11.7. The van der Waals surface area contributed by atoms with Crippen molar-refractivity contribution in [2.75, 3.05) is 0 Å². The van der Waals surface area contributed by atoms with Crippen LogP contribution in [-0.4, -0.2) is 30.5 Å². The van der Waals surface area contributed by atoms with Crippen LogP contribution in [0.3, 0.4) is 0 Å². The Labute approximate surface area is 207 Å². The number of hydrazine groups is 1. The van der Waals surface area contributed by atoms with Crippen molar-refractivity contribution in [3.8, 4) is 0 Å². The smallest absolute Gasteiger partial charge is 0.320 e. The van der Waals surface area contributed by atoms with E-state index in [4.69, 9.17) is 0 Å². The molecular weight excluding hydrogens is 460 g/mol. The topological polar surface area (TPSA) is 120 Å². The van der Waals surface area contributed by atoms with Gasteiger partial charge in [-0.25, -0.2) is 14.3 Å². The van der Waals surface area contributed by atoms with Gasteiger partial charge in [-0.1, -0.05) is 74.5 Å². The monoisotopic (exact) mass is 488 g/mol. The van der Waals surface area contributed by atoms with Gasteiger partial charge in [0.05, 0.1) is 12.9 Å². The number of amides is 2. The molecule has 0 atom stereocenters. The number of carbonyl (C=O) groups excluding carboxylic acids is 2. The zero-order chi connectivity index (χ0) is 25.7. The van der Waals surface area contributed by atoms with Gasteiger partial charge in [0.2, 0.25) is 5.91 Å². The van der Waals surface area contributed by atoms with Crippen molar-refractivity contribution >= 4 is 23.0 Å². The fourth-order valence-corrected chi connectivity index (χ4v) is 3.93. The second kappa shape index (κ2) is 10.9. The molecular formula is C26H28N6O4. The van der Waals surface area contributed by atoms with Crippen LogP contribution in [0.2, 0.25) is 0 Å². The molecule has 0 unspecified atom stereocenters. The van der Waals surface area contributed by atoms with Crippen molar-refractivity contribution in [2.24, 2.45) is 5.92 Å². The summed E-state index contributed by atoms with van der Waals surface area (Å²) >= 11 is 0. The van der Waals surface area contributed by atoms with Crippen molar-refractivity contribution < 1.29 is 9.59 Å². The Morgan fingerprint density at radius 3 is 2.03 bits per heavy atom. The summed E-state index contributed by atoms with van der Waals surface area (Å²) in [6.07, 6.45) is 1.76. The highest BCUT2D eigenvalue weighted by Gasteiger charge is 2.20.